The van der Waals surface area contributed by atoms with E-state index in [0.717, 1.165) is 16.1 Å². The van der Waals surface area contributed by atoms with Crippen LogP contribution in [0, 0.1) is 6.92 Å². The van der Waals surface area contributed by atoms with Gasteiger partial charge in [0, 0.05) is 4.90 Å². The van der Waals surface area contributed by atoms with Gasteiger partial charge in [-0.2, -0.15) is 0 Å². The van der Waals surface area contributed by atoms with Gasteiger partial charge in [0.1, 0.15) is 5.75 Å². The molecule has 4 N–H and O–H groups in total. The third-order valence-electron chi connectivity index (χ3n) is 4.24. The quantitative estimate of drug-likeness (QED) is 0.301. The first-order chi connectivity index (χ1) is 12.7. The molecule has 27 heavy (non-hydrogen) atoms. The van der Waals surface area contributed by atoms with Gasteiger partial charge in [0.25, 0.3) is 0 Å². The highest BCUT2D eigenvalue weighted by atomic mass is 35.5. The Labute approximate surface area is 171 Å². The molecule has 0 aliphatic rings. The molecule has 0 saturated heterocycles. The first-order valence-corrected chi connectivity index (χ1v) is 10.0. The number of nitrogens with zero attached hydrogens (tertiary/aromatic N) is 1. The maximum atomic E-state index is 6.35. The Kier molecular flexibility index (Phi) is 7.09. The lowest BCUT2D eigenvalue weighted by atomic mass is 9.87. The van der Waals surface area contributed by atoms with Gasteiger partial charge in [-0.1, -0.05) is 50.7 Å². The fourth-order valence-corrected chi connectivity index (χ4v) is 3.76. The maximum absolute atomic E-state index is 6.35. The number of alkyl halides is 1. The molecular formula is C21H28ClN3OS. The van der Waals surface area contributed by atoms with Crippen molar-refractivity contribution in [2.75, 3.05) is 18.0 Å². The standard InChI is InChI=1S/C21H28ClN3OS/c1-14-6-11-19(26-5)17(12-14)25(24)18(13-22)20(23)27-16-9-7-15(8-10-16)21(2,3)4/h6-12H,13,23-24H2,1-5H3/b20-18+. The average molecular weight is 406 g/mol. The van der Waals surface area contributed by atoms with E-state index in [9.17, 15) is 0 Å². The zero-order valence-electron chi connectivity index (χ0n) is 16.5. The zero-order valence-corrected chi connectivity index (χ0v) is 18.1. The fraction of sp³-hybridized carbons (Fsp3) is 0.333. The highest BCUT2D eigenvalue weighted by Gasteiger charge is 2.17. The molecule has 0 radical (unpaired) electrons. The third kappa shape index (κ3) is 5.34. The second-order valence-corrected chi connectivity index (χ2v) is 8.75. The van der Waals surface area contributed by atoms with Crippen molar-refractivity contribution in [2.45, 2.75) is 38.0 Å². The first-order valence-electron chi connectivity index (χ1n) is 8.69. The zero-order chi connectivity index (χ0) is 20.2. The van der Waals surface area contributed by atoms with E-state index < -0.39 is 0 Å². The molecule has 2 rings (SSSR count). The topological polar surface area (TPSA) is 64.5 Å². The molecule has 0 heterocycles. The van der Waals surface area contributed by atoms with Gasteiger partial charge in [-0.25, -0.2) is 5.84 Å². The van der Waals surface area contributed by atoms with Gasteiger partial charge in [-0.05, 0) is 47.7 Å². The summed E-state index contributed by atoms with van der Waals surface area (Å²) in [4.78, 5) is 1.03. The minimum Gasteiger partial charge on any atom is -0.495 e. The van der Waals surface area contributed by atoms with Gasteiger partial charge >= 0.3 is 0 Å². The molecule has 0 aromatic heterocycles. The van der Waals surface area contributed by atoms with Crippen molar-refractivity contribution in [3.05, 3.63) is 64.3 Å². The smallest absolute Gasteiger partial charge is 0.143 e. The second kappa shape index (κ2) is 8.91. The van der Waals surface area contributed by atoms with Gasteiger partial charge in [-0.15, -0.1) is 11.6 Å². The van der Waals surface area contributed by atoms with E-state index >= 15 is 0 Å². The van der Waals surface area contributed by atoms with Gasteiger partial charge in [0.2, 0.25) is 0 Å². The molecule has 0 bridgehead atoms. The van der Waals surface area contributed by atoms with Crippen molar-refractivity contribution in [1.82, 2.24) is 0 Å². The van der Waals surface area contributed by atoms with Crippen molar-refractivity contribution in [1.29, 1.82) is 0 Å². The Bertz CT molecular complexity index is 813. The number of ether oxygens (including phenoxy) is 1. The molecule has 4 nitrogen and oxygen atoms in total. The fourth-order valence-electron chi connectivity index (χ4n) is 2.59. The molecule has 0 aliphatic heterocycles. The van der Waals surface area contributed by atoms with Gasteiger partial charge in [-0.3, -0.25) is 5.01 Å². The lowest BCUT2D eigenvalue weighted by Gasteiger charge is -2.24. The summed E-state index contributed by atoms with van der Waals surface area (Å²) in [6.07, 6.45) is 0. The molecule has 0 fully saturated rings. The lowest BCUT2D eigenvalue weighted by molar-refractivity contribution is 0.415. The number of hydrogen-bond donors (Lipinski definition) is 2. The average Bonchev–Trinajstić information content (AvgIpc) is 2.61. The molecule has 0 saturated carbocycles. The third-order valence-corrected chi connectivity index (χ3v) is 5.46. The van der Waals surface area contributed by atoms with Crippen molar-refractivity contribution in [3.8, 4) is 5.75 Å². The molecule has 0 unspecified atom stereocenters. The van der Waals surface area contributed by atoms with Crippen molar-refractivity contribution < 1.29 is 4.74 Å². The largest absolute Gasteiger partial charge is 0.495 e. The van der Waals surface area contributed by atoms with E-state index in [4.69, 9.17) is 27.9 Å². The van der Waals surface area contributed by atoms with Crippen molar-refractivity contribution >= 4 is 29.1 Å². The van der Waals surface area contributed by atoms with Crippen molar-refractivity contribution in [3.63, 3.8) is 0 Å². The Morgan fingerprint density at radius 3 is 2.30 bits per heavy atom. The summed E-state index contributed by atoms with van der Waals surface area (Å²) in [6, 6.07) is 14.2. The molecule has 2 aromatic rings. The Morgan fingerprint density at radius 2 is 1.78 bits per heavy atom. The van der Waals surface area contributed by atoms with Crippen LogP contribution in [0.3, 0.4) is 0 Å². The Balaban J connectivity index is 2.31. The van der Waals surface area contributed by atoms with E-state index in [1.54, 1.807) is 7.11 Å². The molecule has 6 heteroatoms. The minimum atomic E-state index is 0.113. The summed E-state index contributed by atoms with van der Waals surface area (Å²) >= 11 is 7.63. The van der Waals surface area contributed by atoms with Crippen LogP contribution in [0.25, 0.3) is 0 Å². The van der Waals surface area contributed by atoms with Crippen LogP contribution in [0.5, 0.6) is 5.75 Å². The second-order valence-electron chi connectivity index (χ2n) is 7.37. The molecule has 146 valence electrons. The summed E-state index contributed by atoms with van der Waals surface area (Å²) in [5, 5.41) is 2.06. The Hall–Kier alpha value is -1.82. The summed E-state index contributed by atoms with van der Waals surface area (Å²) in [5.41, 5.74) is 10.2. The SMILES string of the molecule is COc1ccc(C)cc1N(N)/C(CCl)=C(\N)Sc1ccc(C(C)(C)C)cc1. The van der Waals surface area contributed by atoms with Crippen LogP contribution in [0.2, 0.25) is 0 Å². The van der Waals surface area contributed by atoms with Crippen LogP contribution in [-0.2, 0) is 5.41 Å². The number of halogens is 1. The summed E-state index contributed by atoms with van der Waals surface area (Å²) in [7, 11) is 1.61. The number of nitrogens with two attached hydrogens (primary N) is 2. The number of allylic oxidation sites excluding steroid dienone is 1. The van der Waals surface area contributed by atoms with E-state index in [1.165, 1.54) is 22.3 Å². The van der Waals surface area contributed by atoms with Crippen LogP contribution in [-0.4, -0.2) is 13.0 Å². The van der Waals surface area contributed by atoms with E-state index in [2.05, 4.69) is 45.0 Å². The number of hydrazine groups is 1. The van der Waals surface area contributed by atoms with Crippen LogP contribution >= 0.6 is 23.4 Å². The number of anilines is 1. The number of methoxy groups -OCH3 is 1. The number of rotatable bonds is 6. The summed E-state index contributed by atoms with van der Waals surface area (Å²) in [5.74, 6) is 7.20. The van der Waals surface area contributed by atoms with Crippen LogP contribution < -0.4 is 21.3 Å². The molecule has 0 atom stereocenters. The normalized spacial score (nSPS) is 12.6. The summed E-state index contributed by atoms with van der Waals surface area (Å²) < 4.78 is 5.42. The number of benzene rings is 2. The van der Waals surface area contributed by atoms with E-state index in [0.29, 0.717) is 16.5 Å². The van der Waals surface area contributed by atoms with Crippen LogP contribution in [0.15, 0.2) is 58.1 Å². The van der Waals surface area contributed by atoms with Gasteiger partial charge in [0.15, 0.2) is 0 Å². The van der Waals surface area contributed by atoms with Gasteiger partial charge in [0.05, 0.1) is 29.4 Å². The van der Waals surface area contributed by atoms with Crippen LogP contribution in [0.4, 0.5) is 5.69 Å². The predicted molar refractivity (Wildman–Crippen MR) is 117 cm³/mol. The maximum Gasteiger partial charge on any atom is 0.143 e. The lowest BCUT2D eigenvalue weighted by Crippen LogP contribution is -2.33. The van der Waals surface area contributed by atoms with Crippen LogP contribution in [0.1, 0.15) is 31.9 Å². The summed E-state index contributed by atoms with van der Waals surface area (Å²) in [6.45, 7) is 8.57. The number of aryl methyl sites for hydroxylation is 1. The van der Waals surface area contributed by atoms with E-state index in [-0.39, 0.29) is 11.3 Å². The first kappa shape index (κ1) is 21.5. The molecule has 0 spiro atoms. The minimum absolute atomic E-state index is 0.113. The predicted octanol–water partition coefficient (Wildman–Crippen LogP) is 5.14. The molecule has 2 aromatic carbocycles. The Morgan fingerprint density at radius 1 is 1.15 bits per heavy atom. The number of thioether (sulfide) groups is 1. The highest BCUT2D eigenvalue weighted by molar-refractivity contribution is 8.03. The van der Waals surface area contributed by atoms with E-state index in [1.807, 2.05) is 25.1 Å². The molecule has 0 aliphatic carbocycles. The molecular weight excluding hydrogens is 378 g/mol. The monoisotopic (exact) mass is 405 g/mol. The van der Waals surface area contributed by atoms with Crippen molar-refractivity contribution in [2.24, 2.45) is 11.6 Å². The number of hydrogen-bond acceptors (Lipinski definition) is 5. The highest BCUT2D eigenvalue weighted by Crippen LogP contribution is 2.34. The van der Waals surface area contributed by atoms with Gasteiger partial charge < -0.3 is 10.5 Å². The molecule has 0 amide bonds.